The molecule has 0 saturated carbocycles. The average Bonchev–Trinajstić information content (AvgIpc) is 2.67. The molecule has 2 aliphatic heterocycles. The van der Waals surface area contributed by atoms with Gasteiger partial charge in [0.1, 0.15) is 6.04 Å². The highest BCUT2D eigenvalue weighted by molar-refractivity contribution is 8.14. The van der Waals surface area contributed by atoms with Crippen molar-refractivity contribution in [1.29, 1.82) is 0 Å². The van der Waals surface area contributed by atoms with Crippen molar-refractivity contribution in [3.63, 3.8) is 0 Å². The molecule has 22 heavy (non-hydrogen) atoms. The fourth-order valence-corrected chi connectivity index (χ4v) is 5.42. The molecule has 0 N–H and O–H groups in total. The maximum absolute atomic E-state index is 12.6. The first-order valence-electron chi connectivity index (χ1n) is 7.23. The molecule has 0 radical (unpaired) electrons. The minimum atomic E-state index is -0.790. The number of carbonyl (C=O) groups excluding carboxylic acids is 3. The Morgan fingerprint density at radius 2 is 2.09 bits per heavy atom. The van der Waals surface area contributed by atoms with Gasteiger partial charge < -0.3 is 14.4 Å². The quantitative estimate of drug-likeness (QED) is 0.439. The maximum atomic E-state index is 12.6. The van der Waals surface area contributed by atoms with Crippen LogP contribution >= 0.6 is 23.5 Å². The number of amides is 1. The van der Waals surface area contributed by atoms with E-state index < -0.39 is 17.6 Å². The van der Waals surface area contributed by atoms with Crippen LogP contribution < -0.4 is 0 Å². The Balaban J connectivity index is 1.99. The second-order valence-corrected chi connectivity index (χ2v) is 8.93. The maximum Gasteiger partial charge on any atom is 0.509 e. The summed E-state index contributed by atoms with van der Waals surface area (Å²) in [4.78, 5) is 37.6. The van der Waals surface area contributed by atoms with Gasteiger partial charge in [0.25, 0.3) is 0 Å². The zero-order valence-corrected chi connectivity index (χ0v) is 15.0. The van der Waals surface area contributed by atoms with E-state index in [0.717, 1.165) is 11.8 Å². The highest BCUT2D eigenvalue weighted by Gasteiger charge is 2.61. The van der Waals surface area contributed by atoms with Gasteiger partial charge in [-0.25, -0.2) is 4.79 Å². The van der Waals surface area contributed by atoms with Crippen molar-refractivity contribution >= 4 is 40.7 Å². The zero-order chi connectivity index (χ0) is 16.7. The number of thioether (sulfide) groups is 2. The fourth-order valence-electron chi connectivity index (χ4n) is 2.72. The summed E-state index contributed by atoms with van der Waals surface area (Å²) < 4.78 is 9.33. The van der Waals surface area contributed by atoms with Gasteiger partial charge in [-0.1, -0.05) is 6.92 Å². The molecule has 1 unspecified atom stereocenters. The molecule has 2 saturated heterocycles. The number of nitrogens with zero attached hydrogens (tertiary/aromatic N) is 1. The Kier molecular flexibility index (Phi) is 5.01. The Labute approximate surface area is 138 Å². The molecule has 8 heteroatoms. The largest absolute Gasteiger partial charge is 0.509 e. The van der Waals surface area contributed by atoms with Gasteiger partial charge in [0, 0.05) is 4.75 Å². The van der Waals surface area contributed by atoms with Crippen molar-refractivity contribution < 1.29 is 23.9 Å². The first-order chi connectivity index (χ1) is 10.2. The van der Waals surface area contributed by atoms with Crippen molar-refractivity contribution in [2.24, 2.45) is 5.92 Å². The third kappa shape index (κ3) is 3.08. The van der Waals surface area contributed by atoms with E-state index in [9.17, 15) is 14.4 Å². The highest BCUT2D eigenvalue weighted by Crippen LogP contribution is 2.54. The molecule has 2 fully saturated rings. The van der Waals surface area contributed by atoms with Gasteiger partial charge in [-0.2, -0.15) is 0 Å². The zero-order valence-electron chi connectivity index (χ0n) is 13.3. The standard InChI is InChI=1S/C14H21NO5S2/c1-6-19-13(18)20-8(3)21-12(17)9-14(4,5)22-11-7(2)10(16)15(9)11/h7-9,11H,6H2,1-5H3/t7-,8?,9+,11-/m1/s1. The van der Waals surface area contributed by atoms with Crippen molar-refractivity contribution in [3.8, 4) is 0 Å². The highest BCUT2D eigenvalue weighted by atomic mass is 32.2. The average molecular weight is 347 g/mol. The molecule has 1 amide bonds. The lowest BCUT2D eigenvalue weighted by Crippen LogP contribution is -2.61. The predicted octanol–water partition coefficient (Wildman–Crippen LogP) is 2.46. The van der Waals surface area contributed by atoms with E-state index in [1.807, 2.05) is 20.8 Å². The molecule has 6 nitrogen and oxygen atoms in total. The summed E-state index contributed by atoms with van der Waals surface area (Å²) in [6.45, 7) is 9.34. The molecule has 2 aliphatic rings. The van der Waals surface area contributed by atoms with Crippen LogP contribution in [0.3, 0.4) is 0 Å². The molecule has 0 spiro atoms. The van der Waals surface area contributed by atoms with Gasteiger partial charge in [-0.05, 0) is 39.5 Å². The lowest BCUT2D eigenvalue weighted by molar-refractivity contribution is -0.154. The Morgan fingerprint density at radius 3 is 2.68 bits per heavy atom. The molecule has 2 rings (SSSR count). The van der Waals surface area contributed by atoms with E-state index >= 15 is 0 Å². The second-order valence-electron chi connectivity index (χ2n) is 5.85. The first-order valence-corrected chi connectivity index (χ1v) is 8.99. The number of carbonyl (C=O) groups is 3. The van der Waals surface area contributed by atoms with Gasteiger partial charge in [0.15, 0.2) is 5.44 Å². The second kappa shape index (κ2) is 6.31. The van der Waals surface area contributed by atoms with Crippen LogP contribution in [0.2, 0.25) is 0 Å². The normalized spacial score (nSPS) is 30.3. The lowest BCUT2D eigenvalue weighted by atomic mass is 9.94. The summed E-state index contributed by atoms with van der Waals surface area (Å²) in [7, 11) is 0. The minimum absolute atomic E-state index is 0.0148. The molecule has 4 atom stereocenters. The van der Waals surface area contributed by atoms with Crippen molar-refractivity contribution in [2.75, 3.05) is 6.61 Å². The van der Waals surface area contributed by atoms with Crippen LogP contribution in [-0.2, 0) is 19.1 Å². The van der Waals surface area contributed by atoms with Crippen molar-refractivity contribution in [2.45, 2.75) is 56.2 Å². The van der Waals surface area contributed by atoms with Crippen LogP contribution in [0.25, 0.3) is 0 Å². The summed E-state index contributed by atoms with van der Waals surface area (Å²) in [5.41, 5.74) is -0.653. The minimum Gasteiger partial charge on any atom is -0.435 e. The Morgan fingerprint density at radius 1 is 1.45 bits per heavy atom. The molecule has 2 heterocycles. The molecular formula is C14H21NO5S2. The fraction of sp³-hybridized carbons (Fsp3) is 0.786. The van der Waals surface area contributed by atoms with E-state index in [4.69, 9.17) is 4.74 Å². The van der Waals surface area contributed by atoms with Gasteiger partial charge in [-0.15, -0.1) is 11.8 Å². The number of hydrogen-bond donors (Lipinski definition) is 0. The van der Waals surface area contributed by atoms with Crippen LogP contribution in [0, 0.1) is 5.92 Å². The number of fused-ring (bicyclic) bond motifs is 1. The topological polar surface area (TPSA) is 72.9 Å². The monoisotopic (exact) mass is 347 g/mol. The van der Waals surface area contributed by atoms with Crippen LogP contribution in [0.5, 0.6) is 0 Å². The van der Waals surface area contributed by atoms with Crippen LogP contribution in [0.4, 0.5) is 4.79 Å². The third-order valence-electron chi connectivity index (χ3n) is 3.74. The SMILES string of the molecule is CCOC(=O)OC(C)SC(=O)[C@@H]1N2C(=O)[C@@H](C)[C@H]2SC1(C)C. The summed E-state index contributed by atoms with van der Waals surface area (Å²) in [5.74, 6) is -0.0266. The van der Waals surface area contributed by atoms with Gasteiger partial charge >= 0.3 is 6.16 Å². The molecule has 0 aromatic carbocycles. The van der Waals surface area contributed by atoms with E-state index in [-0.39, 0.29) is 33.7 Å². The molecule has 0 bridgehead atoms. The summed E-state index contributed by atoms with van der Waals surface area (Å²) in [6.07, 6.45) is -0.790. The molecule has 0 aliphatic carbocycles. The van der Waals surface area contributed by atoms with E-state index in [1.54, 1.807) is 30.5 Å². The molecule has 0 aromatic rings. The molecule has 0 aromatic heterocycles. The Hall–Kier alpha value is -0.890. The smallest absolute Gasteiger partial charge is 0.435 e. The number of ether oxygens (including phenoxy) is 2. The van der Waals surface area contributed by atoms with Crippen LogP contribution in [0.1, 0.15) is 34.6 Å². The number of β-lactam (4-membered cyclic amide) rings is 1. The van der Waals surface area contributed by atoms with Gasteiger partial charge in [0.2, 0.25) is 11.0 Å². The van der Waals surface area contributed by atoms with Crippen LogP contribution in [-0.4, -0.2) is 50.3 Å². The van der Waals surface area contributed by atoms with E-state index in [1.165, 1.54) is 0 Å². The summed E-state index contributed by atoms with van der Waals surface area (Å²) in [6, 6.07) is -0.496. The number of rotatable bonds is 4. The van der Waals surface area contributed by atoms with E-state index in [2.05, 4.69) is 4.74 Å². The summed E-state index contributed by atoms with van der Waals surface area (Å²) in [5, 5.41) is -0.0876. The molecule has 124 valence electrons. The Bertz CT molecular complexity index is 496. The van der Waals surface area contributed by atoms with Crippen molar-refractivity contribution in [1.82, 2.24) is 4.90 Å². The predicted molar refractivity (Wildman–Crippen MR) is 85.4 cm³/mol. The number of hydrogen-bond acceptors (Lipinski definition) is 7. The van der Waals surface area contributed by atoms with E-state index in [0.29, 0.717) is 0 Å². The van der Waals surface area contributed by atoms with Gasteiger partial charge in [-0.3, -0.25) is 9.59 Å². The summed E-state index contributed by atoms with van der Waals surface area (Å²) >= 11 is 2.58. The van der Waals surface area contributed by atoms with Crippen LogP contribution in [0.15, 0.2) is 0 Å². The molecular weight excluding hydrogens is 326 g/mol. The van der Waals surface area contributed by atoms with Crippen molar-refractivity contribution in [3.05, 3.63) is 0 Å². The third-order valence-corrected chi connectivity index (χ3v) is 6.33. The van der Waals surface area contributed by atoms with Gasteiger partial charge in [0.05, 0.1) is 17.9 Å². The first kappa shape index (κ1) is 17.5. The lowest BCUT2D eigenvalue weighted by Gasteiger charge is -2.42.